The number of nitrogens with two attached hydrogens (primary N) is 1. The van der Waals surface area contributed by atoms with Crippen molar-refractivity contribution in [3.63, 3.8) is 0 Å². The van der Waals surface area contributed by atoms with Gasteiger partial charge in [-0.15, -0.1) is 0 Å². The fraction of sp³-hybridized carbons (Fsp3) is 0.364. The first-order valence-corrected chi connectivity index (χ1v) is 6.35. The maximum absolute atomic E-state index is 5.72. The van der Waals surface area contributed by atoms with Gasteiger partial charge < -0.3 is 16.0 Å². The second-order valence-corrected chi connectivity index (χ2v) is 5.21. The van der Waals surface area contributed by atoms with E-state index in [0.29, 0.717) is 5.96 Å². The molecule has 0 fully saturated rings. The molecule has 0 radical (unpaired) electrons. The minimum Gasteiger partial charge on any atom is -0.370 e. The molecule has 6 heteroatoms. The predicted molar refractivity (Wildman–Crippen MR) is 70.4 cm³/mol. The lowest BCUT2D eigenvalue weighted by molar-refractivity contribution is 0.179. The highest BCUT2D eigenvalue weighted by molar-refractivity contribution is 9.10. The van der Waals surface area contributed by atoms with E-state index in [2.05, 4.69) is 54.3 Å². The van der Waals surface area contributed by atoms with E-state index in [4.69, 9.17) is 5.73 Å². The van der Waals surface area contributed by atoms with Crippen LogP contribution in [0.3, 0.4) is 0 Å². The van der Waals surface area contributed by atoms with Gasteiger partial charge in [-0.05, 0) is 22.0 Å². The Kier molecular flexibility index (Phi) is 2.68. The smallest absolute Gasteiger partial charge is 0.190 e. The molecule has 2 aliphatic rings. The summed E-state index contributed by atoms with van der Waals surface area (Å²) in [6.45, 7) is 1.76. The molecule has 17 heavy (non-hydrogen) atoms. The molecule has 1 aromatic rings. The van der Waals surface area contributed by atoms with E-state index in [0.717, 1.165) is 17.6 Å². The molecule has 3 heterocycles. The van der Waals surface area contributed by atoms with E-state index in [1.165, 1.54) is 5.69 Å². The van der Waals surface area contributed by atoms with Crippen LogP contribution in [0.1, 0.15) is 5.69 Å². The van der Waals surface area contributed by atoms with Gasteiger partial charge >= 0.3 is 0 Å². The maximum Gasteiger partial charge on any atom is 0.190 e. The number of H-pyrrole nitrogens is 1. The first kappa shape index (κ1) is 10.9. The monoisotopic (exact) mass is 295 g/mol. The lowest BCUT2D eigenvalue weighted by atomic mass is 10.1. The second-order valence-electron chi connectivity index (χ2n) is 4.29. The molecule has 3 rings (SSSR count). The van der Waals surface area contributed by atoms with Crippen LogP contribution in [0.4, 0.5) is 0 Å². The number of nitrogens with one attached hydrogen (secondary N) is 2. The van der Waals surface area contributed by atoms with E-state index in [1.807, 2.05) is 6.20 Å². The van der Waals surface area contributed by atoms with Gasteiger partial charge in [0.05, 0.1) is 0 Å². The minimum atomic E-state index is 0.141. The van der Waals surface area contributed by atoms with Gasteiger partial charge in [0.15, 0.2) is 5.96 Å². The van der Waals surface area contributed by atoms with E-state index >= 15 is 0 Å². The zero-order valence-corrected chi connectivity index (χ0v) is 10.8. The number of nitrogens with zero attached hydrogens (tertiary/aromatic N) is 2. The number of guanidine groups is 1. The Morgan fingerprint density at radius 1 is 1.59 bits per heavy atom. The Morgan fingerprint density at radius 2 is 2.47 bits per heavy atom. The van der Waals surface area contributed by atoms with Gasteiger partial charge in [0, 0.05) is 29.5 Å². The van der Waals surface area contributed by atoms with Gasteiger partial charge in [-0.3, -0.25) is 4.90 Å². The number of hydrogen-bond acceptors (Lipinski definition) is 4. The Hall–Kier alpha value is -1.27. The van der Waals surface area contributed by atoms with Crippen molar-refractivity contribution in [2.45, 2.75) is 18.8 Å². The molecule has 2 aliphatic heterocycles. The van der Waals surface area contributed by atoms with Crippen LogP contribution in [-0.4, -0.2) is 34.6 Å². The summed E-state index contributed by atoms with van der Waals surface area (Å²) < 4.78 is 1.08. The van der Waals surface area contributed by atoms with Gasteiger partial charge in [-0.25, -0.2) is 4.99 Å². The lowest BCUT2D eigenvalue weighted by Crippen LogP contribution is -2.51. The second kappa shape index (κ2) is 4.19. The lowest BCUT2D eigenvalue weighted by Gasteiger charge is -2.32. The van der Waals surface area contributed by atoms with Crippen LogP contribution in [0.5, 0.6) is 0 Å². The van der Waals surface area contributed by atoms with Crippen LogP contribution in [0.2, 0.25) is 0 Å². The molecule has 2 atom stereocenters. The van der Waals surface area contributed by atoms with Gasteiger partial charge in [0.25, 0.3) is 0 Å². The van der Waals surface area contributed by atoms with Gasteiger partial charge in [0.2, 0.25) is 0 Å². The molecule has 5 nitrogen and oxygen atoms in total. The zero-order chi connectivity index (χ0) is 11.8. The Morgan fingerprint density at radius 3 is 3.24 bits per heavy atom. The highest BCUT2D eigenvalue weighted by Gasteiger charge is 2.32. The first-order chi connectivity index (χ1) is 8.22. The number of fused-ring (bicyclic) bond motifs is 1. The van der Waals surface area contributed by atoms with Crippen molar-refractivity contribution in [3.8, 4) is 0 Å². The van der Waals surface area contributed by atoms with Crippen molar-refractivity contribution in [2.24, 2.45) is 10.7 Å². The largest absolute Gasteiger partial charge is 0.370 e. The molecule has 0 saturated heterocycles. The summed E-state index contributed by atoms with van der Waals surface area (Å²) in [5.41, 5.74) is 6.90. The third kappa shape index (κ3) is 2.10. The number of rotatable bonds is 2. The normalized spacial score (nSPS) is 27.7. The van der Waals surface area contributed by atoms with Crippen molar-refractivity contribution >= 4 is 21.9 Å². The summed E-state index contributed by atoms with van der Waals surface area (Å²) in [5, 5.41) is 3.21. The molecular formula is C11H14BrN5. The molecule has 0 aliphatic carbocycles. The SMILES string of the molecule is NC1=NC2C=CCN(Cc3cc(Br)c[nH]3)C2N1. The highest BCUT2D eigenvalue weighted by atomic mass is 79.9. The van der Waals surface area contributed by atoms with Gasteiger partial charge in [-0.2, -0.15) is 0 Å². The topological polar surface area (TPSA) is 69.4 Å². The van der Waals surface area contributed by atoms with Gasteiger partial charge in [-0.1, -0.05) is 12.2 Å². The molecule has 1 aromatic heterocycles. The van der Waals surface area contributed by atoms with Crippen molar-refractivity contribution < 1.29 is 0 Å². The third-order valence-electron chi connectivity index (χ3n) is 3.05. The average molecular weight is 296 g/mol. The standard InChI is InChI=1S/C11H14BrN5/c12-7-4-8(14-5-7)6-17-3-1-2-9-10(17)16-11(13)15-9/h1-2,4-5,9-10,14H,3,6H2,(H3,13,15,16). The summed E-state index contributed by atoms with van der Waals surface area (Å²) in [7, 11) is 0. The average Bonchev–Trinajstić information content (AvgIpc) is 2.84. The minimum absolute atomic E-state index is 0.141. The summed E-state index contributed by atoms with van der Waals surface area (Å²) in [5.74, 6) is 0.532. The molecule has 0 saturated carbocycles. The van der Waals surface area contributed by atoms with Crippen LogP contribution < -0.4 is 11.1 Å². The zero-order valence-electron chi connectivity index (χ0n) is 9.23. The molecule has 0 bridgehead atoms. The van der Waals surface area contributed by atoms with Crippen molar-refractivity contribution in [3.05, 3.63) is 34.6 Å². The first-order valence-electron chi connectivity index (χ1n) is 5.56. The number of halogens is 1. The van der Waals surface area contributed by atoms with Crippen LogP contribution in [0.15, 0.2) is 33.9 Å². The highest BCUT2D eigenvalue weighted by Crippen LogP contribution is 2.20. The van der Waals surface area contributed by atoms with E-state index in [-0.39, 0.29) is 12.2 Å². The van der Waals surface area contributed by atoms with Crippen molar-refractivity contribution in [1.29, 1.82) is 0 Å². The molecule has 0 spiro atoms. The third-order valence-corrected chi connectivity index (χ3v) is 3.51. The molecule has 0 amide bonds. The number of aliphatic imine (C=N–C) groups is 1. The number of aromatic nitrogens is 1. The maximum atomic E-state index is 5.72. The Labute approximate surface area is 108 Å². The quantitative estimate of drug-likeness (QED) is 0.706. The molecule has 90 valence electrons. The Balaban J connectivity index is 1.74. The summed E-state index contributed by atoms with van der Waals surface area (Å²) in [6.07, 6.45) is 6.38. The van der Waals surface area contributed by atoms with E-state index in [1.54, 1.807) is 0 Å². The van der Waals surface area contributed by atoms with Crippen LogP contribution in [-0.2, 0) is 6.54 Å². The molecule has 2 unspecified atom stereocenters. The van der Waals surface area contributed by atoms with E-state index < -0.39 is 0 Å². The summed E-state index contributed by atoms with van der Waals surface area (Å²) >= 11 is 3.44. The number of aromatic amines is 1. The van der Waals surface area contributed by atoms with E-state index in [9.17, 15) is 0 Å². The molecule has 4 N–H and O–H groups in total. The van der Waals surface area contributed by atoms with Crippen LogP contribution >= 0.6 is 15.9 Å². The summed E-state index contributed by atoms with van der Waals surface area (Å²) in [4.78, 5) is 9.89. The molecule has 0 aromatic carbocycles. The Bertz CT molecular complexity index is 478. The van der Waals surface area contributed by atoms with Crippen molar-refractivity contribution in [2.75, 3.05) is 6.54 Å². The van der Waals surface area contributed by atoms with Crippen LogP contribution in [0, 0.1) is 0 Å². The van der Waals surface area contributed by atoms with Crippen LogP contribution in [0.25, 0.3) is 0 Å². The van der Waals surface area contributed by atoms with Gasteiger partial charge in [0.1, 0.15) is 12.2 Å². The summed E-state index contributed by atoms with van der Waals surface area (Å²) in [6, 6.07) is 2.23. The predicted octanol–water partition coefficient (Wildman–Crippen LogP) is 0.762. The fourth-order valence-corrected chi connectivity index (χ4v) is 2.69. The molecular weight excluding hydrogens is 282 g/mol. The van der Waals surface area contributed by atoms with Crippen molar-refractivity contribution in [1.82, 2.24) is 15.2 Å². The number of hydrogen-bond donors (Lipinski definition) is 3. The fourth-order valence-electron chi connectivity index (χ4n) is 2.29.